The topological polar surface area (TPSA) is 28.2 Å². The van der Waals surface area contributed by atoms with Gasteiger partial charge in [0, 0.05) is 29.9 Å². The molecule has 1 saturated heterocycles. The average Bonchev–Trinajstić information content (AvgIpc) is 3.31. The lowest BCUT2D eigenvalue weighted by atomic mass is 9.99. The SMILES string of the molecule is Cc1cccc2c(N3CCCC(C)C3)ncc(NC3CC3)c12. The molecule has 2 heterocycles. The molecule has 0 bridgehead atoms. The Labute approximate surface area is 132 Å². The summed E-state index contributed by atoms with van der Waals surface area (Å²) in [6.45, 7) is 6.83. The van der Waals surface area contributed by atoms with Gasteiger partial charge in [-0.05, 0) is 44.1 Å². The summed E-state index contributed by atoms with van der Waals surface area (Å²) in [5.41, 5.74) is 2.55. The molecule has 1 saturated carbocycles. The highest BCUT2D eigenvalue weighted by atomic mass is 15.2. The maximum absolute atomic E-state index is 4.85. The number of aryl methyl sites for hydroxylation is 1. The number of aromatic nitrogens is 1. The molecule has 0 radical (unpaired) electrons. The Morgan fingerprint density at radius 1 is 1.23 bits per heavy atom. The van der Waals surface area contributed by atoms with Gasteiger partial charge in [0.2, 0.25) is 0 Å². The molecule has 4 rings (SSSR count). The minimum absolute atomic E-state index is 0.658. The van der Waals surface area contributed by atoms with Crippen LogP contribution in [0.15, 0.2) is 24.4 Å². The predicted molar refractivity (Wildman–Crippen MR) is 93.7 cm³/mol. The summed E-state index contributed by atoms with van der Waals surface area (Å²) in [7, 11) is 0. The largest absolute Gasteiger partial charge is 0.381 e. The quantitative estimate of drug-likeness (QED) is 0.912. The fraction of sp³-hybridized carbons (Fsp3) is 0.526. The maximum atomic E-state index is 4.85. The van der Waals surface area contributed by atoms with Gasteiger partial charge in [-0.15, -0.1) is 0 Å². The normalized spacial score (nSPS) is 22.1. The van der Waals surface area contributed by atoms with Crippen LogP contribution in [0.3, 0.4) is 0 Å². The summed E-state index contributed by atoms with van der Waals surface area (Å²) in [6.07, 6.45) is 7.26. The van der Waals surface area contributed by atoms with Gasteiger partial charge in [-0.25, -0.2) is 4.98 Å². The maximum Gasteiger partial charge on any atom is 0.136 e. The first-order valence-electron chi connectivity index (χ1n) is 8.62. The first-order valence-corrected chi connectivity index (χ1v) is 8.62. The van der Waals surface area contributed by atoms with Crippen molar-refractivity contribution in [2.24, 2.45) is 5.92 Å². The van der Waals surface area contributed by atoms with Crippen LogP contribution in [0.5, 0.6) is 0 Å². The molecule has 1 atom stereocenters. The van der Waals surface area contributed by atoms with Crippen molar-refractivity contribution >= 4 is 22.3 Å². The second kappa shape index (κ2) is 5.45. The smallest absolute Gasteiger partial charge is 0.136 e. The van der Waals surface area contributed by atoms with Crippen LogP contribution in [0.2, 0.25) is 0 Å². The van der Waals surface area contributed by atoms with Crippen LogP contribution < -0.4 is 10.2 Å². The van der Waals surface area contributed by atoms with Crippen molar-refractivity contribution in [1.82, 2.24) is 4.98 Å². The molecule has 0 spiro atoms. The van der Waals surface area contributed by atoms with Crippen molar-refractivity contribution in [3.05, 3.63) is 30.0 Å². The molecular formula is C19H25N3. The zero-order chi connectivity index (χ0) is 15.1. The Morgan fingerprint density at radius 2 is 2.09 bits per heavy atom. The minimum Gasteiger partial charge on any atom is -0.381 e. The fourth-order valence-electron chi connectivity index (χ4n) is 3.66. The van der Waals surface area contributed by atoms with Gasteiger partial charge in [-0.3, -0.25) is 0 Å². The molecule has 1 aliphatic heterocycles. The third kappa shape index (κ3) is 2.53. The lowest BCUT2D eigenvalue weighted by Gasteiger charge is -2.33. The van der Waals surface area contributed by atoms with E-state index in [0.717, 1.165) is 19.0 Å². The van der Waals surface area contributed by atoms with E-state index in [1.165, 1.54) is 53.5 Å². The molecule has 2 aliphatic rings. The van der Waals surface area contributed by atoms with Gasteiger partial charge in [0.1, 0.15) is 5.82 Å². The van der Waals surface area contributed by atoms with Crippen molar-refractivity contribution < 1.29 is 0 Å². The van der Waals surface area contributed by atoms with Crippen molar-refractivity contribution in [1.29, 1.82) is 0 Å². The highest BCUT2D eigenvalue weighted by Gasteiger charge is 2.24. The van der Waals surface area contributed by atoms with Gasteiger partial charge < -0.3 is 10.2 Å². The number of hydrogen-bond acceptors (Lipinski definition) is 3. The van der Waals surface area contributed by atoms with Crippen LogP contribution in [-0.4, -0.2) is 24.1 Å². The molecule has 22 heavy (non-hydrogen) atoms. The predicted octanol–water partition coefficient (Wildman–Crippen LogP) is 4.35. The summed E-state index contributed by atoms with van der Waals surface area (Å²) in [5.74, 6) is 1.94. The van der Waals surface area contributed by atoms with Crippen LogP contribution in [0.4, 0.5) is 11.5 Å². The van der Waals surface area contributed by atoms with E-state index in [-0.39, 0.29) is 0 Å². The molecule has 1 N–H and O–H groups in total. The molecule has 2 fully saturated rings. The van der Waals surface area contributed by atoms with Gasteiger partial charge in [-0.1, -0.05) is 25.1 Å². The summed E-state index contributed by atoms with van der Waals surface area (Å²) in [6, 6.07) is 7.27. The van der Waals surface area contributed by atoms with E-state index in [0.29, 0.717) is 6.04 Å². The van der Waals surface area contributed by atoms with Gasteiger partial charge in [0.05, 0.1) is 11.9 Å². The summed E-state index contributed by atoms with van der Waals surface area (Å²) in [4.78, 5) is 7.33. The van der Waals surface area contributed by atoms with E-state index < -0.39 is 0 Å². The summed E-state index contributed by atoms with van der Waals surface area (Å²) in [5, 5.41) is 6.32. The Bertz CT molecular complexity index is 690. The minimum atomic E-state index is 0.658. The Hall–Kier alpha value is -1.77. The highest BCUT2D eigenvalue weighted by molar-refractivity contribution is 6.02. The van der Waals surface area contributed by atoms with Gasteiger partial charge in [-0.2, -0.15) is 0 Å². The molecule has 3 nitrogen and oxygen atoms in total. The first-order chi connectivity index (χ1) is 10.7. The third-order valence-corrected chi connectivity index (χ3v) is 4.99. The molecule has 1 aliphatic carbocycles. The molecule has 3 heteroatoms. The number of hydrogen-bond donors (Lipinski definition) is 1. The van der Waals surface area contributed by atoms with Crippen molar-refractivity contribution in [3.63, 3.8) is 0 Å². The van der Waals surface area contributed by atoms with Crippen LogP contribution >= 0.6 is 0 Å². The van der Waals surface area contributed by atoms with Crippen LogP contribution in [-0.2, 0) is 0 Å². The fourth-order valence-corrected chi connectivity index (χ4v) is 3.66. The van der Waals surface area contributed by atoms with Gasteiger partial charge in [0.25, 0.3) is 0 Å². The molecular weight excluding hydrogens is 270 g/mol. The summed E-state index contributed by atoms with van der Waals surface area (Å²) < 4.78 is 0. The number of rotatable bonds is 3. The van der Waals surface area contributed by atoms with E-state index in [4.69, 9.17) is 4.98 Å². The molecule has 0 amide bonds. The zero-order valence-corrected chi connectivity index (χ0v) is 13.6. The van der Waals surface area contributed by atoms with E-state index in [1.807, 2.05) is 0 Å². The first kappa shape index (κ1) is 13.9. The lowest BCUT2D eigenvalue weighted by molar-refractivity contribution is 0.445. The second-order valence-electron chi connectivity index (χ2n) is 7.10. The number of anilines is 2. The Kier molecular flexibility index (Phi) is 3.44. The number of nitrogens with zero attached hydrogens (tertiary/aromatic N) is 2. The van der Waals surface area contributed by atoms with Crippen LogP contribution in [0.25, 0.3) is 10.8 Å². The Morgan fingerprint density at radius 3 is 2.86 bits per heavy atom. The number of nitrogens with one attached hydrogen (secondary N) is 1. The molecule has 1 unspecified atom stereocenters. The van der Waals surface area contributed by atoms with Crippen molar-refractivity contribution in [2.75, 3.05) is 23.3 Å². The molecule has 116 valence electrons. The van der Waals surface area contributed by atoms with Gasteiger partial charge >= 0.3 is 0 Å². The number of piperidine rings is 1. The van der Waals surface area contributed by atoms with Crippen LogP contribution in [0.1, 0.15) is 38.2 Å². The lowest BCUT2D eigenvalue weighted by Crippen LogP contribution is -2.35. The van der Waals surface area contributed by atoms with E-state index in [9.17, 15) is 0 Å². The van der Waals surface area contributed by atoms with Crippen molar-refractivity contribution in [2.45, 2.75) is 45.6 Å². The number of pyridine rings is 1. The van der Waals surface area contributed by atoms with E-state index >= 15 is 0 Å². The molecule has 1 aromatic carbocycles. The average molecular weight is 295 g/mol. The molecule has 2 aromatic rings. The zero-order valence-electron chi connectivity index (χ0n) is 13.6. The van der Waals surface area contributed by atoms with Crippen molar-refractivity contribution in [3.8, 4) is 0 Å². The number of benzene rings is 1. The Balaban J connectivity index is 1.80. The molecule has 1 aromatic heterocycles. The van der Waals surface area contributed by atoms with E-state index in [2.05, 4.69) is 48.5 Å². The second-order valence-corrected chi connectivity index (χ2v) is 7.10. The monoisotopic (exact) mass is 295 g/mol. The standard InChI is InChI=1S/C19H25N3/c1-13-5-4-10-22(12-13)19-16-7-3-6-14(2)18(16)17(11-20-19)21-15-8-9-15/h3,6-7,11,13,15,21H,4-5,8-10,12H2,1-2H3. The van der Waals surface area contributed by atoms with Gasteiger partial charge in [0.15, 0.2) is 0 Å². The summed E-state index contributed by atoms with van der Waals surface area (Å²) >= 11 is 0. The highest BCUT2D eigenvalue weighted by Crippen LogP contribution is 2.36. The van der Waals surface area contributed by atoms with Crippen LogP contribution in [0, 0.1) is 12.8 Å². The number of fused-ring (bicyclic) bond motifs is 1. The third-order valence-electron chi connectivity index (χ3n) is 4.99. The van der Waals surface area contributed by atoms with E-state index in [1.54, 1.807) is 0 Å².